The molecule has 0 aliphatic carbocycles. The summed E-state index contributed by atoms with van der Waals surface area (Å²) in [6.45, 7) is 0.970. The normalized spacial score (nSPS) is 10.6. The Kier molecular flexibility index (Phi) is 7.82. The Morgan fingerprint density at radius 2 is 1.36 bits per heavy atom. The zero-order valence-electron chi connectivity index (χ0n) is 19.5. The maximum absolute atomic E-state index is 13.8. The Morgan fingerprint density at radius 3 is 2.06 bits per heavy atom. The van der Waals surface area contributed by atoms with Gasteiger partial charge in [0.15, 0.2) is 0 Å². The van der Waals surface area contributed by atoms with Crippen molar-refractivity contribution in [3.63, 3.8) is 0 Å². The average molecular weight is 486 g/mol. The molecular weight excluding hydrogens is 460 g/mol. The SMILES string of the molecule is NCc1cccc(CN(Cc2ccc(NC(=O)c3ccc(F)cc3)cc2)C(=O)c2cccc(F)c2)c1. The van der Waals surface area contributed by atoms with Crippen molar-refractivity contribution in [1.82, 2.24) is 4.90 Å². The number of benzene rings is 4. The number of rotatable bonds is 8. The van der Waals surface area contributed by atoms with E-state index in [2.05, 4.69) is 5.32 Å². The van der Waals surface area contributed by atoms with Gasteiger partial charge in [-0.05, 0) is 71.3 Å². The second-order valence-electron chi connectivity index (χ2n) is 8.35. The van der Waals surface area contributed by atoms with Gasteiger partial charge in [0.25, 0.3) is 11.8 Å². The van der Waals surface area contributed by atoms with Crippen LogP contribution in [0.4, 0.5) is 14.5 Å². The van der Waals surface area contributed by atoms with Crippen molar-refractivity contribution in [2.45, 2.75) is 19.6 Å². The molecule has 0 saturated carbocycles. The van der Waals surface area contributed by atoms with Gasteiger partial charge in [0.2, 0.25) is 0 Å². The molecule has 0 radical (unpaired) electrons. The molecule has 0 atom stereocenters. The number of amides is 2. The fourth-order valence-electron chi connectivity index (χ4n) is 3.80. The summed E-state index contributed by atoms with van der Waals surface area (Å²) in [6, 6.07) is 25.6. The van der Waals surface area contributed by atoms with E-state index < -0.39 is 11.6 Å². The topological polar surface area (TPSA) is 75.4 Å². The molecule has 0 aliphatic heterocycles. The van der Waals surface area contributed by atoms with Crippen LogP contribution in [0, 0.1) is 11.6 Å². The van der Waals surface area contributed by atoms with E-state index in [0.29, 0.717) is 24.3 Å². The fraction of sp³-hybridized carbons (Fsp3) is 0.103. The molecule has 0 aliphatic rings. The lowest BCUT2D eigenvalue weighted by molar-refractivity contribution is 0.0729. The van der Waals surface area contributed by atoms with Crippen molar-refractivity contribution < 1.29 is 18.4 Å². The second-order valence-corrected chi connectivity index (χ2v) is 8.35. The summed E-state index contributed by atoms with van der Waals surface area (Å²) in [5.74, 6) is -1.55. The highest BCUT2D eigenvalue weighted by molar-refractivity contribution is 6.04. The minimum absolute atomic E-state index is 0.258. The summed E-state index contributed by atoms with van der Waals surface area (Å²) in [7, 11) is 0. The van der Waals surface area contributed by atoms with Crippen LogP contribution in [-0.4, -0.2) is 16.7 Å². The third kappa shape index (κ3) is 6.40. The van der Waals surface area contributed by atoms with Gasteiger partial charge in [-0.2, -0.15) is 0 Å². The molecule has 0 unspecified atom stereocenters. The van der Waals surface area contributed by atoms with Gasteiger partial charge in [-0.25, -0.2) is 8.78 Å². The summed E-state index contributed by atoms with van der Waals surface area (Å²) in [4.78, 5) is 27.3. The van der Waals surface area contributed by atoms with Gasteiger partial charge < -0.3 is 16.0 Å². The van der Waals surface area contributed by atoms with E-state index in [9.17, 15) is 18.4 Å². The van der Waals surface area contributed by atoms with Gasteiger partial charge in [0.05, 0.1) is 0 Å². The van der Waals surface area contributed by atoms with Crippen molar-refractivity contribution in [3.05, 3.63) is 137 Å². The first-order chi connectivity index (χ1) is 17.4. The molecule has 2 amide bonds. The van der Waals surface area contributed by atoms with Crippen molar-refractivity contribution in [2.75, 3.05) is 5.32 Å². The maximum atomic E-state index is 13.8. The number of anilines is 1. The van der Waals surface area contributed by atoms with Gasteiger partial charge in [-0.1, -0.05) is 42.5 Å². The largest absolute Gasteiger partial charge is 0.330 e. The number of hydrogen-bond donors (Lipinski definition) is 2. The van der Waals surface area contributed by atoms with E-state index in [1.807, 2.05) is 36.4 Å². The van der Waals surface area contributed by atoms with Crippen LogP contribution in [0.15, 0.2) is 97.1 Å². The Balaban J connectivity index is 1.52. The minimum atomic E-state index is -0.479. The lowest BCUT2D eigenvalue weighted by atomic mass is 10.1. The number of carbonyl (C=O) groups is 2. The van der Waals surface area contributed by atoms with Gasteiger partial charge in [0.1, 0.15) is 11.6 Å². The van der Waals surface area contributed by atoms with Gasteiger partial charge >= 0.3 is 0 Å². The highest BCUT2D eigenvalue weighted by atomic mass is 19.1. The molecule has 0 aromatic heterocycles. The number of nitrogens with one attached hydrogen (secondary N) is 1. The first-order valence-electron chi connectivity index (χ1n) is 11.4. The van der Waals surface area contributed by atoms with Crippen LogP contribution in [0.25, 0.3) is 0 Å². The molecule has 5 nitrogen and oxygen atoms in total. The molecule has 0 saturated heterocycles. The predicted octanol–water partition coefficient (Wildman–Crippen LogP) is 5.52. The molecule has 4 aromatic carbocycles. The summed E-state index contributed by atoms with van der Waals surface area (Å²) < 4.78 is 26.9. The lowest BCUT2D eigenvalue weighted by Gasteiger charge is -2.24. The quantitative estimate of drug-likeness (QED) is 0.345. The van der Waals surface area contributed by atoms with E-state index in [4.69, 9.17) is 5.73 Å². The van der Waals surface area contributed by atoms with Crippen LogP contribution in [-0.2, 0) is 19.6 Å². The summed E-state index contributed by atoms with van der Waals surface area (Å²) >= 11 is 0. The average Bonchev–Trinajstić information content (AvgIpc) is 2.89. The van der Waals surface area contributed by atoms with E-state index >= 15 is 0 Å². The van der Waals surface area contributed by atoms with Crippen LogP contribution in [0.3, 0.4) is 0 Å². The van der Waals surface area contributed by atoms with Gasteiger partial charge in [-0.3, -0.25) is 9.59 Å². The predicted molar refractivity (Wildman–Crippen MR) is 135 cm³/mol. The summed E-state index contributed by atoms with van der Waals surface area (Å²) in [5, 5.41) is 2.77. The highest BCUT2D eigenvalue weighted by Crippen LogP contribution is 2.18. The van der Waals surface area contributed by atoms with E-state index in [1.54, 1.807) is 23.1 Å². The first-order valence-corrected chi connectivity index (χ1v) is 11.4. The third-order valence-corrected chi connectivity index (χ3v) is 5.65. The monoisotopic (exact) mass is 485 g/mol. The molecule has 0 fully saturated rings. The number of halogens is 2. The fourth-order valence-corrected chi connectivity index (χ4v) is 3.80. The summed E-state index contributed by atoms with van der Waals surface area (Å²) in [5.41, 5.74) is 9.61. The van der Waals surface area contributed by atoms with Crippen LogP contribution in [0.2, 0.25) is 0 Å². The molecular formula is C29H25F2N3O2. The molecule has 3 N–H and O–H groups in total. The Labute approximate surface area is 208 Å². The van der Waals surface area contributed by atoms with Crippen molar-refractivity contribution in [1.29, 1.82) is 0 Å². The number of hydrogen-bond acceptors (Lipinski definition) is 3. The molecule has 4 rings (SSSR count). The van der Waals surface area contributed by atoms with Crippen molar-refractivity contribution in [3.8, 4) is 0 Å². The van der Waals surface area contributed by atoms with Crippen LogP contribution < -0.4 is 11.1 Å². The van der Waals surface area contributed by atoms with Crippen LogP contribution in [0.5, 0.6) is 0 Å². The van der Waals surface area contributed by atoms with E-state index in [1.165, 1.54) is 42.5 Å². The Bertz CT molecular complexity index is 1360. The van der Waals surface area contributed by atoms with Crippen LogP contribution >= 0.6 is 0 Å². The van der Waals surface area contributed by atoms with Crippen molar-refractivity contribution >= 4 is 17.5 Å². The number of nitrogens with two attached hydrogens (primary N) is 1. The zero-order chi connectivity index (χ0) is 25.5. The molecule has 7 heteroatoms. The first kappa shape index (κ1) is 24.8. The van der Waals surface area contributed by atoms with Crippen molar-refractivity contribution in [2.24, 2.45) is 5.73 Å². The van der Waals surface area contributed by atoms with E-state index in [-0.39, 0.29) is 23.9 Å². The molecule has 0 heterocycles. The zero-order valence-corrected chi connectivity index (χ0v) is 19.5. The molecule has 182 valence electrons. The number of nitrogens with zero attached hydrogens (tertiary/aromatic N) is 1. The standard InChI is InChI=1S/C29H25F2N3O2/c30-25-11-9-23(10-12-25)28(35)33-27-13-7-20(8-14-27)18-34(19-22-4-1-3-21(15-22)17-32)29(36)24-5-2-6-26(31)16-24/h1-16H,17-19,32H2,(H,33,35). The van der Waals surface area contributed by atoms with Gasteiger partial charge in [0, 0.05) is 36.4 Å². The second kappa shape index (κ2) is 11.4. The summed E-state index contributed by atoms with van der Waals surface area (Å²) in [6.07, 6.45) is 0. The molecule has 4 aromatic rings. The Hall–Kier alpha value is -4.36. The lowest BCUT2D eigenvalue weighted by Crippen LogP contribution is -2.30. The number of carbonyl (C=O) groups excluding carboxylic acids is 2. The molecule has 0 bridgehead atoms. The molecule has 0 spiro atoms. The minimum Gasteiger partial charge on any atom is -0.330 e. The molecule has 36 heavy (non-hydrogen) atoms. The smallest absolute Gasteiger partial charge is 0.255 e. The maximum Gasteiger partial charge on any atom is 0.255 e. The third-order valence-electron chi connectivity index (χ3n) is 5.65. The van der Waals surface area contributed by atoms with E-state index in [0.717, 1.165) is 16.7 Å². The van der Waals surface area contributed by atoms with Crippen LogP contribution in [0.1, 0.15) is 37.4 Å². The van der Waals surface area contributed by atoms with Gasteiger partial charge in [-0.15, -0.1) is 0 Å². The Morgan fingerprint density at radius 1 is 0.694 bits per heavy atom. The highest BCUT2D eigenvalue weighted by Gasteiger charge is 2.18.